The summed E-state index contributed by atoms with van der Waals surface area (Å²) in [5.74, 6) is 5.47. The molecule has 0 aliphatic carbocycles. The first-order chi connectivity index (χ1) is 6.79. The van der Waals surface area contributed by atoms with E-state index in [2.05, 4.69) is 25.7 Å². The molecule has 0 amide bonds. The molecule has 0 saturated heterocycles. The molecule has 0 fully saturated rings. The Balaban J connectivity index is 4.43. The summed E-state index contributed by atoms with van der Waals surface area (Å²) in [5.41, 5.74) is 2.09. The smallest absolute Gasteiger partial charge is 0.0133 e. The molecule has 0 N–H and O–H groups in total. The van der Waals surface area contributed by atoms with E-state index in [1.807, 2.05) is 0 Å². The molecule has 0 unspecified atom stereocenters. The van der Waals surface area contributed by atoms with Crippen molar-refractivity contribution in [3.8, 4) is 24.7 Å². The number of allylic oxidation sites excluding steroid dienone is 2. The van der Waals surface area contributed by atoms with E-state index in [1.165, 1.54) is 0 Å². The van der Waals surface area contributed by atoms with Gasteiger partial charge < -0.3 is 0 Å². The molecule has 0 heteroatoms. The number of rotatable bonds is 6. The molecular weight excluding hydrogens is 168 g/mol. The van der Waals surface area contributed by atoms with Gasteiger partial charge in [0.15, 0.2) is 0 Å². The van der Waals surface area contributed by atoms with Crippen LogP contribution < -0.4 is 0 Å². The lowest BCUT2D eigenvalue weighted by molar-refractivity contribution is 0.769. The third kappa shape index (κ3) is 4.78. The van der Waals surface area contributed by atoms with E-state index < -0.39 is 0 Å². The van der Waals surface area contributed by atoms with Gasteiger partial charge in [-0.25, -0.2) is 0 Å². The van der Waals surface area contributed by atoms with Crippen LogP contribution in [0.25, 0.3) is 0 Å². The quantitative estimate of drug-likeness (QED) is 0.554. The highest BCUT2D eigenvalue weighted by atomic mass is 14.0. The number of unbranched alkanes of at least 4 members (excludes halogenated alkanes) is 2. The van der Waals surface area contributed by atoms with Gasteiger partial charge in [-0.05, 0) is 25.7 Å². The SMILES string of the molecule is C#C/C(CCCC)=C(/C#C)CCCC. The average Bonchev–Trinajstić information content (AvgIpc) is 2.23. The largest absolute Gasteiger partial charge is 0.115 e. The van der Waals surface area contributed by atoms with Crippen molar-refractivity contribution in [2.24, 2.45) is 0 Å². The summed E-state index contributed by atoms with van der Waals surface area (Å²) in [4.78, 5) is 0. The van der Waals surface area contributed by atoms with Gasteiger partial charge in [-0.15, -0.1) is 12.8 Å². The average molecular weight is 188 g/mol. The molecule has 0 aliphatic heterocycles. The minimum atomic E-state index is 0.968. The van der Waals surface area contributed by atoms with Crippen molar-refractivity contribution in [1.29, 1.82) is 0 Å². The first kappa shape index (κ1) is 12.9. The molecule has 0 radical (unpaired) electrons. The summed E-state index contributed by atoms with van der Waals surface area (Å²) in [5, 5.41) is 0. The van der Waals surface area contributed by atoms with E-state index in [1.54, 1.807) is 0 Å². The Morgan fingerprint density at radius 3 is 1.43 bits per heavy atom. The van der Waals surface area contributed by atoms with Crippen LogP contribution in [-0.4, -0.2) is 0 Å². The molecule has 0 rings (SSSR count). The van der Waals surface area contributed by atoms with Crippen molar-refractivity contribution < 1.29 is 0 Å². The molecule has 0 aromatic heterocycles. The molecule has 0 aromatic rings. The van der Waals surface area contributed by atoms with Crippen LogP contribution in [0.5, 0.6) is 0 Å². The third-order valence-corrected chi connectivity index (χ3v) is 2.27. The molecule has 76 valence electrons. The molecule has 14 heavy (non-hydrogen) atoms. The first-order valence-corrected chi connectivity index (χ1v) is 5.45. The van der Waals surface area contributed by atoms with Crippen LogP contribution in [0.4, 0.5) is 0 Å². The second kappa shape index (κ2) is 8.46. The van der Waals surface area contributed by atoms with Crippen LogP contribution in [0.2, 0.25) is 0 Å². The van der Waals surface area contributed by atoms with Crippen LogP contribution in [0.3, 0.4) is 0 Å². The number of terminal acetylenes is 2. The van der Waals surface area contributed by atoms with Crippen LogP contribution in [0, 0.1) is 24.7 Å². The maximum atomic E-state index is 5.46. The molecule has 0 nitrogen and oxygen atoms in total. The normalized spacial score (nSPS) is 11.4. The Morgan fingerprint density at radius 2 is 1.21 bits per heavy atom. The van der Waals surface area contributed by atoms with Crippen molar-refractivity contribution in [3.63, 3.8) is 0 Å². The van der Waals surface area contributed by atoms with Crippen molar-refractivity contribution >= 4 is 0 Å². The van der Waals surface area contributed by atoms with Gasteiger partial charge in [0.05, 0.1) is 0 Å². The maximum absolute atomic E-state index is 5.46. The summed E-state index contributed by atoms with van der Waals surface area (Å²) in [6.07, 6.45) is 17.5. The second-order valence-electron chi connectivity index (χ2n) is 3.45. The van der Waals surface area contributed by atoms with E-state index >= 15 is 0 Å². The van der Waals surface area contributed by atoms with E-state index in [-0.39, 0.29) is 0 Å². The monoisotopic (exact) mass is 188 g/mol. The van der Waals surface area contributed by atoms with E-state index in [0.29, 0.717) is 0 Å². The van der Waals surface area contributed by atoms with E-state index in [4.69, 9.17) is 12.8 Å². The van der Waals surface area contributed by atoms with Crippen LogP contribution in [-0.2, 0) is 0 Å². The Bertz CT molecular complexity index is 227. The van der Waals surface area contributed by atoms with Gasteiger partial charge >= 0.3 is 0 Å². The third-order valence-electron chi connectivity index (χ3n) is 2.27. The molecule has 0 saturated carbocycles. The summed E-state index contributed by atoms with van der Waals surface area (Å²) in [7, 11) is 0. The lowest BCUT2D eigenvalue weighted by atomic mass is 9.99. The van der Waals surface area contributed by atoms with Crippen molar-refractivity contribution in [2.45, 2.75) is 52.4 Å². The Labute approximate surface area is 88.8 Å². The zero-order chi connectivity index (χ0) is 10.8. The van der Waals surface area contributed by atoms with E-state index in [9.17, 15) is 0 Å². The molecular formula is C14H20. The van der Waals surface area contributed by atoms with Gasteiger partial charge in [0, 0.05) is 11.1 Å². The molecule has 0 aromatic carbocycles. The van der Waals surface area contributed by atoms with Gasteiger partial charge in [-0.1, -0.05) is 38.5 Å². The minimum absolute atomic E-state index is 0.968. The highest BCUT2D eigenvalue weighted by molar-refractivity contribution is 5.40. The summed E-state index contributed by atoms with van der Waals surface area (Å²) in [6.45, 7) is 4.32. The van der Waals surface area contributed by atoms with Gasteiger partial charge in [0.2, 0.25) is 0 Å². The zero-order valence-electron chi connectivity index (χ0n) is 9.40. The second-order valence-corrected chi connectivity index (χ2v) is 3.45. The van der Waals surface area contributed by atoms with Crippen molar-refractivity contribution in [1.82, 2.24) is 0 Å². The van der Waals surface area contributed by atoms with E-state index in [0.717, 1.165) is 49.7 Å². The lowest BCUT2D eigenvalue weighted by Gasteiger charge is -2.04. The summed E-state index contributed by atoms with van der Waals surface area (Å²) in [6, 6.07) is 0. The highest BCUT2D eigenvalue weighted by Gasteiger charge is 2.01. The predicted octanol–water partition coefficient (Wildman–Crippen LogP) is 3.93. The van der Waals surface area contributed by atoms with Crippen LogP contribution >= 0.6 is 0 Å². The summed E-state index contributed by atoms with van der Waals surface area (Å²) < 4.78 is 0. The predicted molar refractivity (Wildman–Crippen MR) is 63.7 cm³/mol. The van der Waals surface area contributed by atoms with Crippen LogP contribution in [0.15, 0.2) is 11.1 Å². The fraction of sp³-hybridized carbons (Fsp3) is 0.571. The highest BCUT2D eigenvalue weighted by Crippen LogP contribution is 2.16. The van der Waals surface area contributed by atoms with Gasteiger partial charge in [-0.3, -0.25) is 0 Å². The molecule has 0 heterocycles. The first-order valence-electron chi connectivity index (χ1n) is 5.45. The molecule has 0 aliphatic rings. The van der Waals surface area contributed by atoms with Crippen LogP contribution in [0.1, 0.15) is 52.4 Å². The van der Waals surface area contributed by atoms with Crippen molar-refractivity contribution in [2.75, 3.05) is 0 Å². The standard InChI is InChI=1S/C14H20/c1-5-9-11-13(7-3)14(8-4)12-10-6-2/h3-4H,5-6,9-12H2,1-2H3/b14-13+. The fourth-order valence-corrected chi connectivity index (χ4v) is 1.33. The molecule has 0 atom stereocenters. The Morgan fingerprint density at radius 1 is 0.857 bits per heavy atom. The van der Waals surface area contributed by atoms with Gasteiger partial charge in [-0.2, -0.15) is 0 Å². The number of hydrogen-bond donors (Lipinski definition) is 0. The zero-order valence-corrected chi connectivity index (χ0v) is 9.40. The maximum Gasteiger partial charge on any atom is 0.0133 e. The molecule has 0 spiro atoms. The van der Waals surface area contributed by atoms with Crippen molar-refractivity contribution in [3.05, 3.63) is 11.1 Å². The summed E-state index contributed by atoms with van der Waals surface area (Å²) >= 11 is 0. The lowest BCUT2D eigenvalue weighted by Crippen LogP contribution is -1.89. The minimum Gasteiger partial charge on any atom is -0.115 e. The Kier molecular flexibility index (Phi) is 7.77. The van der Waals surface area contributed by atoms with Gasteiger partial charge in [0.1, 0.15) is 0 Å². The fourth-order valence-electron chi connectivity index (χ4n) is 1.33. The number of hydrogen-bond acceptors (Lipinski definition) is 0. The van der Waals surface area contributed by atoms with Gasteiger partial charge in [0.25, 0.3) is 0 Å². The molecule has 0 bridgehead atoms. The Hall–Kier alpha value is -1.14. The topological polar surface area (TPSA) is 0 Å².